The number of hydrogen-bond donors (Lipinski definition) is 1. The standard InChI is InChI=1S/C29H37N3O3/c1-22-19-25(11-16-30-22)31-27(33)21-32-17-12-23(13-18-32)26(20-32)35-28(34)29(14-7-2-3-8-15-29)24-9-5-4-6-10-24/h4-6,9-11,16,19,23,26H,2-3,7-8,12-15,17-18,20-21H2,1H3/p+1/t23?,26-,32?/m0/s1. The summed E-state index contributed by atoms with van der Waals surface area (Å²) in [5.74, 6) is 0.383. The molecule has 1 aromatic heterocycles. The summed E-state index contributed by atoms with van der Waals surface area (Å²) in [4.78, 5) is 31.1. The Kier molecular flexibility index (Phi) is 6.92. The van der Waals surface area contributed by atoms with E-state index in [0.29, 0.717) is 16.9 Å². The second kappa shape index (κ2) is 10.1. The zero-order valence-electron chi connectivity index (χ0n) is 20.9. The summed E-state index contributed by atoms with van der Waals surface area (Å²) in [6.07, 6.45) is 9.84. The van der Waals surface area contributed by atoms with E-state index in [9.17, 15) is 9.59 Å². The second-order valence-corrected chi connectivity index (χ2v) is 11.0. The van der Waals surface area contributed by atoms with Gasteiger partial charge in [-0.15, -0.1) is 0 Å². The Bertz CT molecular complexity index is 1040. The predicted octanol–water partition coefficient (Wildman–Crippen LogP) is 4.77. The van der Waals surface area contributed by atoms with Gasteiger partial charge in [-0.25, -0.2) is 0 Å². The number of ether oxygens (including phenoxy) is 1. The van der Waals surface area contributed by atoms with E-state index in [2.05, 4.69) is 22.4 Å². The highest BCUT2D eigenvalue weighted by Gasteiger charge is 2.51. The molecule has 0 spiro atoms. The van der Waals surface area contributed by atoms with Gasteiger partial charge in [0.1, 0.15) is 6.54 Å². The van der Waals surface area contributed by atoms with Crippen LogP contribution < -0.4 is 5.32 Å². The van der Waals surface area contributed by atoms with Crippen molar-refractivity contribution < 1.29 is 18.8 Å². The van der Waals surface area contributed by atoms with Crippen molar-refractivity contribution in [3.05, 3.63) is 59.9 Å². The maximum absolute atomic E-state index is 13.9. The van der Waals surface area contributed by atoms with Crippen LogP contribution in [0, 0.1) is 12.8 Å². The van der Waals surface area contributed by atoms with Gasteiger partial charge in [0, 0.05) is 36.3 Å². The molecule has 4 fully saturated rings. The molecule has 0 radical (unpaired) electrons. The summed E-state index contributed by atoms with van der Waals surface area (Å²) in [5, 5.41) is 3.05. The number of aromatic nitrogens is 1. The lowest BCUT2D eigenvalue weighted by molar-refractivity contribution is -0.939. The van der Waals surface area contributed by atoms with Crippen molar-refractivity contribution in [2.24, 2.45) is 5.92 Å². The number of hydrogen-bond acceptors (Lipinski definition) is 4. The van der Waals surface area contributed by atoms with Gasteiger partial charge < -0.3 is 14.5 Å². The van der Waals surface area contributed by atoms with Gasteiger partial charge in [-0.2, -0.15) is 0 Å². The minimum atomic E-state index is -0.537. The van der Waals surface area contributed by atoms with Gasteiger partial charge in [-0.05, 0) is 37.5 Å². The molecule has 1 aromatic carbocycles. The zero-order valence-corrected chi connectivity index (χ0v) is 20.9. The normalized spacial score (nSPS) is 27.6. The van der Waals surface area contributed by atoms with Gasteiger partial charge in [0.2, 0.25) is 0 Å². The zero-order chi connectivity index (χ0) is 24.3. The van der Waals surface area contributed by atoms with Crippen LogP contribution in [0.4, 0.5) is 5.69 Å². The molecule has 4 heterocycles. The minimum Gasteiger partial charge on any atom is -0.455 e. The fourth-order valence-electron chi connectivity index (χ4n) is 6.66. The molecule has 6 rings (SSSR count). The Morgan fingerprint density at radius 3 is 2.46 bits per heavy atom. The lowest BCUT2D eigenvalue weighted by Crippen LogP contribution is -2.66. The van der Waals surface area contributed by atoms with Crippen molar-refractivity contribution in [2.75, 3.05) is 31.5 Å². The van der Waals surface area contributed by atoms with Crippen LogP contribution >= 0.6 is 0 Å². The second-order valence-electron chi connectivity index (χ2n) is 11.0. The maximum Gasteiger partial charge on any atom is 0.317 e. The highest BCUT2D eigenvalue weighted by Crippen LogP contribution is 2.42. The van der Waals surface area contributed by atoms with E-state index in [1.54, 1.807) is 6.20 Å². The highest BCUT2D eigenvalue weighted by atomic mass is 16.5. The average molecular weight is 477 g/mol. The number of pyridine rings is 1. The Morgan fingerprint density at radius 2 is 1.77 bits per heavy atom. The SMILES string of the molecule is Cc1cc(NC(=O)C[N+]23CCC(CC2)[C@@H](OC(=O)C2(c4ccccc4)CCCCCC2)C3)ccn1. The molecule has 6 heteroatoms. The molecule has 3 aliphatic heterocycles. The van der Waals surface area contributed by atoms with Crippen LogP contribution in [0.25, 0.3) is 0 Å². The van der Waals surface area contributed by atoms with Gasteiger partial charge in [0.15, 0.2) is 12.6 Å². The number of aryl methyl sites for hydroxylation is 1. The lowest BCUT2D eigenvalue weighted by Gasteiger charge is -2.52. The number of quaternary nitrogens is 1. The first-order chi connectivity index (χ1) is 17.0. The van der Waals surface area contributed by atoms with Gasteiger partial charge in [-0.3, -0.25) is 14.6 Å². The van der Waals surface area contributed by atoms with Crippen molar-refractivity contribution in [2.45, 2.75) is 69.8 Å². The lowest BCUT2D eigenvalue weighted by atomic mass is 9.74. The third kappa shape index (κ3) is 5.13. The van der Waals surface area contributed by atoms with E-state index in [1.807, 2.05) is 37.3 Å². The summed E-state index contributed by atoms with van der Waals surface area (Å²) < 4.78 is 7.14. The Morgan fingerprint density at radius 1 is 1.06 bits per heavy atom. The third-order valence-corrected chi connectivity index (χ3v) is 8.63. The van der Waals surface area contributed by atoms with Crippen LogP contribution in [0.2, 0.25) is 0 Å². The number of rotatable bonds is 6. The topological polar surface area (TPSA) is 68.3 Å². The van der Waals surface area contributed by atoms with Crippen LogP contribution in [-0.2, 0) is 19.7 Å². The third-order valence-electron chi connectivity index (χ3n) is 8.63. The number of carbonyl (C=O) groups excluding carboxylic acids is 2. The molecule has 186 valence electrons. The summed E-state index contributed by atoms with van der Waals surface area (Å²) in [7, 11) is 0. The molecule has 0 unspecified atom stereocenters. The molecule has 1 aliphatic carbocycles. The van der Waals surface area contributed by atoms with Crippen LogP contribution in [0.3, 0.4) is 0 Å². The number of anilines is 1. The van der Waals surface area contributed by atoms with Crippen LogP contribution in [-0.4, -0.2) is 53.6 Å². The van der Waals surface area contributed by atoms with Crippen LogP contribution in [0.1, 0.15) is 62.6 Å². The van der Waals surface area contributed by atoms with E-state index < -0.39 is 5.41 Å². The van der Waals surface area contributed by atoms with E-state index in [4.69, 9.17) is 4.74 Å². The molecular weight excluding hydrogens is 438 g/mol. The molecule has 6 nitrogen and oxygen atoms in total. The van der Waals surface area contributed by atoms with Gasteiger partial charge in [0.05, 0.1) is 18.5 Å². The Hall–Kier alpha value is -2.73. The smallest absolute Gasteiger partial charge is 0.317 e. The van der Waals surface area contributed by atoms with Crippen molar-refractivity contribution >= 4 is 17.6 Å². The first-order valence-corrected chi connectivity index (χ1v) is 13.3. The molecule has 2 bridgehead atoms. The molecule has 3 saturated heterocycles. The average Bonchev–Trinajstić information content (AvgIpc) is 3.12. The van der Waals surface area contributed by atoms with E-state index >= 15 is 0 Å². The number of nitrogens with zero attached hydrogens (tertiary/aromatic N) is 2. The molecule has 1 N–H and O–H groups in total. The van der Waals surface area contributed by atoms with Crippen molar-refractivity contribution in [1.82, 2.24) is 4.98 Å². The molecule has 2 aromatic rings. The number of fused-ring (bicyclic) bond motifs is 3. The summed E-state index contributed by atoms with van der Waals surface area (Å²) >= 11 is 0. The van der Waals surface area contributed by atoms with Crippen molar-refractivity contribution in [1.29, 1.82) is 0 Å². The van der Waals surface area contributed by atoms with E-state index in [0.717, 1.165) is 75.1 Å². The minimum absolute atomic E-state index is 0.0190. The first-order valence-electron chi connectivity index (χ1n) is 13.3. The Balaban J connectivity index is 1.29. The number of carbonyl (C=O) groups is 2. The first kappa shape index (κ1) is 24.0. The summed E-state index contributed by atoms with van der Waals surface area (Å²) in [5.41, 5.74) is 2.23. The van der Waals surface area contributed by atoms with Gasteiger partial charge in [0.25, 0.3) is 5.91 Å². The number of piperidine rings is 3. The number of esters is 1. The summed E-state index contributed by atoms with van der Waals surface area (Å²) in [6, 6.07) is 14.0. The van der Waals surface area contributed by atoms with Crippen molar-refractivity contribution in [3.8, 4) is 0 Å². The molecular formula is C29H38N3O3+. The number of benzene rings is 1. The molecule has 4 aliphatic rings. The fraction of sp³-hybridized carbons (Fsp3) is 0.552. The molecule has 1 amide bonds. The Labute approximate surface area is 208 Å². The van der Waals surface area contributed by atoms with Crippen molar-refractivity contribution in [3.63, 3.8) is 0 Å². The van der Waals surface area contributed by atoms with Gasteiger partial charge >= 0.3 is 5.97 Å². The number of amides is 1. The largest absolute Gasteiger partial charge is 0.455 e. The monoisotopic (exact) mass is 476 g/mol. The maximum atomic E-state index is 13.9. The van der Waals surface area contributed by atoms with E-state index in [-0.39, 0.29) is 18.0 Å². The predicted molar refractivity (Wildman–Crippen MR) is 136 cm³/mol. The van der Waals surface area contributed by atoms with Crippen LogP contribution in [0.15, 0.2) is 48.7 Å². The quantitative estimate of drug-likeness (QED) is 0.370. The number of nitrogens with one attached hydrogen (secondary N) is 1. The fourth-order valence-corrected chi connectivity index (χ4v) is 6.66. The molecule has 1 atom stereocenters. The molecule has 1 saturated carbocycles. The van der Waals surface area contributed by atoms with E-state index in [1.165, 1.54) is 12.8 Å². The van der Waals surface area contributed by atoms with Gasteiger partial charge in [-0.1, -0.05) is 56.0 Å². The van der Waals surface area contributed by atoms with Crippen LogP contribution in [0.5, 0.6) is 0 Å². The highest BCUT2D eigenvalue weighted by molar-refractivity contribution is 5.91. The molecule has 35 heavy (non-hydrogen) atoms. The summed E-state index contributed by atoms with van der Waals surface area (Å²) in [6.45, 7) is 5.04.